The van der Waals surface area contributed by atoms with Gasteiger partial charge < -0.3 is 15.0 Å². The van der Waals surface area contributed by atoms with E-state index in [9.17, 15) is 9.59 Å². The van der Waals surface area contributed by atoms with E-state index >= 15 is 0 Å². The highest BCUT2D eigenvalue weighted by molar-refractivity contribution is 5.94. The zero-order valence-corrected chi connectivity index (χ0v) is 13.2. The van der Waals surface area contributed by atoms with Gasteiger partial charge in [-0.2, -0.15) is 0 Å². The lowest BCUT2D eigenvalue weighted by atomic mass is 10.2. The molecule has 23 heavy (non-hydrogen) atoms. The van der Waals surface area contributed by atoms with Crippen molar-refractivity contribution in [2.24, 2.45) is 0 Å². The van der Waals surface area contributed by atoms with Gasteiger partial charge in [-0.25, -0.2) is 9.78 Å². The fraction of sp³-hybridized carbons (Fsp3) is 0.250. The third-order valence-corrected chi connectivity index (χ3v) is 3.15. The summed E-state index contributed by atoms with van der Waals surface area (Å²) in [5, 5.41) is 2.79. The van der Waals surface area contributed by atoms with E-state index in [0.717, 1.165) is 11.4 Å². The number of hydrogen-bond acceptors (Lipinski definition) is 6. The second kappa shape index (κ2) is 7.35. The van der Waals surface area contributed by atoms with Crippen molar-refractivity contribution in [3.05, 3.63) is 53.5 Å². The molecule has 0 spiro atoms. The summed E-state index contributed by atoms with van der Waals surface area (Å²) >= 11 is 0. The Morgan fingerprint density at radius 3 is 2.61 bits per heavy atom. The van der Waals surface area contributed by atoms with Crippen LogP contribution in [0.2, 0.25) is 0 Å². The van der Waals surface area contributed by atoms with E-state index in [2.05, 4.69) is 20.0 Å². The summed E-state index contributed by atoms with van der Waals surface area (Å²) in [4.78, 5) is 33.6. The molecule has 0 aliphatic rings. The molecule has 0 atom stereocenters. The molecule has 120 valence electrons. The summed E-state index contributed by atoms with van der Waals surface area (Å²) in [7, 11) is 5.07. The molecule has 7 nitrogen and oxygen atoms in total. The van der Waals surface area contributed by atoms with Crippen LogP contribution in [0.25, 0.3) is 0 Å². The van der Waals surface area contributed by atoms with Gasteiger partial charge in [0.05, 0.1) is 12.7 Å². The maximum Gasteiger partial charge on any atom is 0.339 e. The molecule has 2 aromatic rings. The van der Waals surface area contributed by atoms with E-state index in [-0.39, 0.29) is 11.6 Å². The number of hydrogen-bond donors (Lipinski definition) is 1. The van der Waals surface area contributed by atoms with Crippen molar-refractivity contribution in [2.45, 2.75) is 6.54 Å². The molecular formula is C16H18N4O3. The molecule has 0 bridgehead atoms. The first kappa shape index (κ1) is 16.4. The van der Waals surface area contributed by atoms with Crippen molar-refractivity contribution >= 4 is 17.7 Å². The SMILES string of the molecule is COC(=O)c1ccc(C(=O)NCc2cccnc2N(C)C)nc1. The summed E-state index contributed by atoms with van der Waals surface area (Å²) in [6.07, 6.45) is 3.02. The molecule has 0 unspecified atom stereocenters. The highest BCUT2D eigenvalue weighted by Gasteiger charge is 2.12. The zero-order valence-electron chi connectivity index (χ0n) is 13.2. The number of methoxy groups -OCH3 is 1. The predicted molar refractivity (Wildman–Crippen MR) is 85.3 cm³/mol. The maximum atomic E-state index is 12.1. The quantitative estimate of drug-likeness (QED) is 0.836. The minimum absolute atomic E-state index is 0.230. The van der Waals surface area contributed by atoms with Gasteiger partial charge in [0.2, 0.25) is 0 Å². The van der Waals surface area contributed by atoms with Gasteiger partial charge in [0.25, 0.3) is 5.91 Å². The Morgan fingerprint density at radius 2 is 2.00 bits per heavy atom. The third-order valence-electron chi connectivity index (χ3n) is 3.15. The van der Waals surface area contributed by atoms with Crippen LogP contribution in [0.1, 0.15) is 26.4 Å². The van der Waals surface area contributed by atoms with Gasteiger partial charge in [-0.1, -0.05) is 6.07 Å². The number of carbonyl (C=O) groups excluding carboxylic acids is 2. The van der Waals surface area contributed by atoms with Crippen LogP contribution in [0.15, 0.2) is 36.7 Å². The second-order valence-corrected chi connectivity index (χ2v) is 4.99. The molecule has 0 saturated heterocycles. The van der Waals surface area contributed by atoms with Crippen molar-refractivity contribution in [1.82, 2.24) is 15.3 Å². The lowest BCUT2D eigenvalue weighted by molar-refractivity contribution is 0.0599. The molecule has 2 aromatic heterocycles. The number of nitrogens with one attached hydrogen (secondary N) is 1. The average molecular weight is 314 g/mol. The van der Waals surface area contributed by atoms with Crippen molar-refractivity contribution in [2.75, 3.05) is 26.1 Å². The molecule has 0 aliphatic carbocycles. The fourth-order valence-electron chi connectivity index (χ4n) is 2.00. The lowest BCUT2D eigenvalue weighted by Gasteiger charge is -2.16. The Bertz CT molecular complexity index is 699. The second-order valence-electron chi connectivity index (χ2n) is 4.99. The van der Waals surface area contributed by atoms with Gasteiger partial charge in [-0.3, -0.25) is 9.78 Å². The van der Waals surface area contributed by atoms with Gasteiger partial charge in [-0.05, 0) is 18.2 Å². The number of carbonyl (C=O) groups is 2. The van der Waals surface area contributed by atoms with Crippen LogP contribution in [-0.2, 0) is 11.3 Å². The number of ether oxygens (including phenoxy) is 1. The van der Waals surface area contributed by atoms with Gasteiger partial charge in [0.1, 0.15) is 11.5 Å². The van der Waals surface area contributed by atoms with Crippen molar-refractivity contribution in [3.8, 4) is 0 Å². The van der Waals surface area contributed by atoms with Gasteiger partial charge in [0.15, 0.2) is 0 Å². The molecule has 0 aliphatic heterocycles. The van der Waals surface area contributed by atoms with Gasteiger partial charge in [0, 0.05) is 38.6 Å². The first-order valence-electron chi connectivity index (χ1n) is 6.96. The van der Waals surface area contributed by atoms with Crippen LogP contribution in [0.5, 0.6) is 0 Å². The highest BCUT2D eigenvalue weighted by Crippen LogP contribution is 2.14. The van der Waals surface area contributed by atoms with Crippen LogP contribution >= 0.6 is 0 Å². The largest absolute Gasteiger partial charge is 0.465 e. The van der Waals surface area contributed by atoms with Crippen LogP contribution in [0.3, 0.4) is 0 Å². The van der Waals surface area contributed by atoms with Crippen molar-refractivity contribution in [1.29, 1.82) is 0 Å². The Hall–Kier alpha value is -2.96. The van der Waals surface area contributed by atoms with Crippen molar-refractivity contribution in [3.63, 3.8) is 0 Å². The number of aromatic nitrogens is 2. The summed E-state index contributed by atoms with van der Waals surface area (Å²) in [5.41, 5.74) is 1.43. The highest BCUT2D eigenvalue weighted by atomic mass is 16.5. The first-order chi connectivity index (χ1) is 11.0. The van der Waals surface area contributed by atoms with E-state index in [0.29, 0.717) is 12.1 Å². The summed E-state index contributed by atoms with van der Waals surface area (Å²) in [6.45, 7) is 0.334. The Labute approximate surface area is 134 Å². The lowest BCUT2D eigenvalue weighted by Crippen LogP contribution is -2.25. The minimum Gasteiger partial charge on any atom is -0.465 e. The van der Waals surface area contributed by atoms with Crippen LogP contribution in [0.4, 0.5) is 5.82 Å². The van der Waals surface area contributed by atoms with Crippen molar-refractivity contribution < 1.29 is 14.3 Å². The number of anilines is 1. The molecule has 2 rings (SSSR count). The molecule has 1 N–H and O–H groups in total. The van der Waals surface area contributed by atoms with Crippen LogP contribution in [0, 0.1) is 0 Å². The normalized spacial score (nSPS) is 10.0. The standard InChI is InChI=1S/C16H18N4O3/c1-20(2)14-11(5-4-8-17-14)9-19-15(21)13-7-6-12(10-18-13)16(22)23-3/h4-8,10H,9H2,1-3H3,(H,19,21). The van der Waals surface area contributed by atoms with E-state index in [1.54, 1.807) is 6.20 Å². The summed E-state index contributed by atoms with van der Waals surface area (Å²) < 4.78 is 4.59. The number of pyridine rings is 2. The van der Waals surface area contributed by atoms with Gasteiger partial charge in [-0.15, -0.1) is 0 Å². The average Bonchev–Trinajstić information content (AvgIpc) is 2.59. The summed E-state index contributed by atoms with van der Waals surface area (Å²) in [5.74, 6) is -0.0211. The van der Waals surface area contributed by atoms with E-state index in [1.165, 1.54) is 25.4 Å². The molecule has 1 amide bonds. The molecule has 7 heteroatoms. The molecule has 0 fully saturated rings. The zero-order chi connectivity index (χ0) is 16.8. The number of esters is 1. The number of amides is 1. The first-order valence-corrected chi connectivity index (χ1v) is 6.96. The Balaban J connectivity index is 2.04. The van der Waals surface area contributed by atoms with Crippen LogP contribution in [-0.4, -0.2) is 43.0 Å². The Morgan fingerprint density at radius 1 is 1.22 bits per heavy atom. The summed E-state index contributed by atoms with van der Waals surface area (Å²) in [6, 6.07) is 6.70. The topological polar surface area (TPSA) is 84.4 Å². The third kappa shape index (κ3) is 4.03. The molecule has 0 aromatic carbocycles. The Kier molecular flexibility index (Phi) is 5.24. The molecule has 0 saturated carbocycles. The smallest absolute Gasteiger partial charge is 0.339 e. The van der Waals surface area contributed by atoms with Crippen LogP contribution < -0.4 is 10.2 Å². The molecule has 0 radical (unpaired) electrons. The minimum atomic E-state index is -0.490. The number of nitrogens with zero attached hydrogens (tertiary/aromatic N) is 3. The maximum absolute atomic E-state index is 12.1. The van der Waals surface area contributed by atoms with E-state index < -0.39 is 5.97 Å². The van der Waals surface area contributed by atoms with E-state index in [4.69, 9.17) is 0 Å². The van der Waals surface area contributed by atoms with Gasteiger partial charge >= 0.3 is 5.97 Å². The fourth-order valence-corrected chi connectivity index (χ4v) is 2.00. The van der Waals surface area contributed by atoms with E-state index in [1.807, 2.05) is 31.1 Å². The number of rotatable bonds is 5. The molecule has 2 heterocycles. The monoisotopic (exact) mass is 314 g/mol. The molecular weight excluding hydrogens is 296 g/mol. The predicted octanol–water partition coefficient (Wildman–Crippen LogP) is 1.26.